The summed E-state index contributed by atoms with van der Waals surface area (Å²) in [6.07, 6.45) is 1.31. The zero-order valence-electron chi connectivity index (χ0n) is 12.2. The predicted octanol–water partition coefficient (Wildman–Crippen LogP) is 0.230. The first-order chi connectivity index (χ1) is 9.95. The van der Waals surface area contributed by atoms with Crippen LogP contribution in [-0.2, 0) is 16.1 Å². The van der Waals surface area contributed by atoms with Crippen molar-refractivity contribution >= 4 is 23.6 Å². The van der Waals surface area contributed by atoms with E-state index in [1.165, 1.54) is 34.5 Å². The van der Waals surface area contributed by atoms with Gasteiger partial charge in [0.05, 0.1) is 13.0 Å². The Balaban J connectivity index is 2.17. The first-order valence-electron chi connectivity index (χ1n) is 6.51. The van der Waals surface area contributed by atoms with Gasteiger partial charge < -0.3 is 9.64 Å². The summed E-state index contributed by atoms with van der Waals surface area (Å²) in [6, 6.07) is 0. The van der Waals surface area contributed by atoms with Crippen molar-refractivity contribution in [2.24, 2.45) is 5.92 Å². The van der Waals surface area contributed by atoms with E-state index < -0.39 is 17.8 Å². The van der Waals surface area contributed by atoms with E-state index in [0.29, 0.717) is 11.7 Å². The number of nitrogens with zero attached hydrogens (tertiary/aromatic N) is 3. The molecule has 0 aliphatic carbocycles. The average Bonchev–Trinajstić information content (AvgIpc) is 2.95. The van der Waals surface area contributed by atoms with Crippen molar-refractivity contribution in [3.05, 3.63) is 22.1 Å². The van der Waals surface area contributed by atoms with Gasteiger partial charge in [-0.2, -0.15) is 0 Å². The summed E-state index contributed by atoms with van der Waals surface area (Å²) in [5.41, 5.74) is -0.298. The van der Waals surface area contributed by atoms with Crippen molar-refractivity contribution in [3.63, 3.8) is 0 Å². The topological polar surface area (TPSA) is 81.5 Å². The van der Waals surface area contributed by atoms with Gasteiger partial charge in [0, 0.05) is 32.1 Å². The SMILES string of the molecule is COC(=O)C(C)CN(C)C(=O)c1cnc2n(c1=O)CCS2. The molecule has 1 aromatic rings. The van der Waals surface area contributed by atoms with E-state index >= 15 is 0 Å². The molecule has 2 rings (SSSR count). The highest BCUT2D eigenvalue weighted by molar-refractivity contribution is 7.99. The van der Waals surface area contributed by atoms with Crippen molar-refractivity contribution in [2.75, 3.05) is 26.5 Å². The molecule has 0 aromatic carbocycles. The number of hydrogen-bond donors (Lipinski definition) is 0. The lowest BCUT2D eigenvalue weighted by molar-refractivity contribution is -0.145. The first-order valence-corrected chi connectivity index (χ1v) is 7.50. The number of fused-ring (bicyclic) bond motifs is 1. The lowest BCUT2D eigenvalue weighted by Crippen LogP contribution is -2.38. The van der Waals surface area contributed by atoms with Crippen molar-refractivity contribution in [1.82, 2.24) is 14.5 Å². The molecule has 0 saturated heterocycles. The molecule has 0 saturated carbocycles. The minimum atomic E-state index is -0.454. The van der Waals surface area contributed by atoms with E-state index in [-0.39, 0.29) is 17.7 Å². The number of aromatic nitrogens is 2. The number of carbonyl (C=O) groups excluding carboxylic acids is 2. The van der Waals surface area contributed by atoms with E-state index in [1.54, 1.807) is 14.0 Å². The zero-order chi connectivity index (χ0) is 15.6. The maximum Gasteiger partial charge on any atom is 0.310 e. The van der Waals surface area contributed by atoms with Gasteiger partial charge in [0.1, 0.15) is 5.56 Å². The normalized spacial score (nSPS) is 14.4. The summed E-state index contributed by atoms with van der Waals surface area (Å²) in [7, 11) is 2.85. The number of carbonyl (C=O) groups is 2. The van der Waals surface area contributed by atoms with Crippen LogP contribution in [-0.4, -0.2) is 52.8 Å². The van der Waals surface area contributed by atoms with Gasteiger partial charge in [-0.25, -0.2) is 4.98 Å². The number of rotatable bonds is 4. The van der Waals surface area contributed by atoms with Crippen LogP contribution in [0.15, 0.2) is 16.1 Å². The molecule has 21 heavy (non-hydrogen) atoms. The fraction of sp³-hybridized carbons (Fsp3) is 0.538. The smallest absolute Gasteiger partial charge is 0.310 e. The summed E-state index contributed by atoms with van der Waals surface area (Å²) < 4.78 is 6.13. The Kier molecular flexibility index (Phi) is 4.66. The molecule has 1 unspecified atom stereocenters. The predicted molar refractivity (Wildman–Crippen MR) is 77.4 cm³/mol. The summed E-state index contributed by atoms with van der Waals surface area (Å²) in [4.78, 5) is 41.4. The van der Waals surface area contributed by atoms with Gasteiger partial charge in [-0.05, 0) is 0 Å². The van der Waals surface area contributed by atoms with Crippen LogP contribution >= 0.6 is 11.8 Å². The molecule has 0 N–H and O–H groups in total. The lowest BCUT2D eigenvalue weighted by atomic mass is 10.1. The van der Waals surface area contributed by atoms with Crippen molar-refractivity contribution in [2.45, 2.75) is 18.6 Å². The molecule has 1 aliphatic rings. The maximum absolute atomic E-state index is 12.3. The van der Waals surface area contributed by atoms with Crippen molar-refractivity contribution < 1.29 is 14.3 Å². The Hall–Kier alpha value is -1.83. The Morgan fingerprint density at radius 1 is 1.57 bits per heavy atom. The van der Waals surface area contributed by atoms with Gasteiger partial charge in [0.25, 0.3) is 11.5 Å². The third-order valence-corrected chi connectivity index (χ3v) is 4.26. The van der Waals surface area contributed by atoms with E-state index in [4.69, 9.17) is 0 Å². The molecular weight excluding hydrogens is 294 g/mol. The molecule has 1 atom stereocenters. The first kappa shape index (κ1) is 15.6. The minimum absolute atomic E-state index is 0.0285. The van der Waals surface area contributed by atoms with Crippen LogP contribution in [0.1, 0.15) is 17.3 Å². The van der Waals surface area contributed by atoms with Crippen LogP contribution in [0.5, 0.6) is 0 Å². The Bertz CT molecular complexity index is 628. The number of hydrogen-bond acceptors (Lipinski definition) is 6. The van der Waals surface area contributed by atoms with Gasteiger partial charge in [-0.15, -0.1) is 0 Å². The molecule has 0 bridgehead atoms. The van der Waals surface area contributed by atoms with Gasteiger partial charge in [0.2, 0.25) is 0 Å². The Labute approximate surface area is 126 Å². The van der Waals surface area contributed by atoms with Crippen LogP contribution < -0.4 is 5.56 Å². The molecule has 1 aromatic heterocycles. The van der Waals surface area contributed by atoms with Crippen molar-refractivity contribution in [3.8, 4) is 0 Å². The Morgan fingerprint density at radius 2 is 2.29 bits per heavy atom. The van der Waals surface area contributed by atoms with E-state index in [2.05, 4.69) is 9.72 Å². The number of thioether (sulfide) groups is 1. The van der Waals surface area contributed by atoms with Crippen LogP contribution in [0.2, 0.25) is 0 Å². The molecule has 1 aliphatic heterocycles. The second-order valence-corrected chi connectivity index (χ2v) is 5.93. The summed E-state index contributed by atoms with van der Waals surface area (Å²) >= 11 is 1.49. The largest absolute Gasteiger partial charge is 0.469 e. The number of ether oxygens (including phenoxy) is 1. The number of methoxy groups -OCH3 is 1. The van der Waals surface area contributed by atoms with Gasteiger partial charge >= 0.3 is 5.97 Å². The number of esters is 1. The molecular formula is C13H17N3O4S. The highest BCUT2D eigenvalue weighted by Crippen LogP contribution is 2.20. The highest BCUT2D eigenvalue weighted by atomic mass is 32.2. The van der Waals surface area contributed by atoms with Gasteiger partial charge in [-0.3, -0.25) is 19.0 Å². The van der Waals surface area contributed by atoms with Gasteiger partial charge in [0.15, 0.2) is 5.16 Å². The third kappa shape index (κ3) is 3.10. The van der Waals surface area contributed by atoms with Crippen LogP contribution in [0.3, 0.4) is 0 Å². The fourth-order valence-corrected chi connectivity index (χ4v) is 3.05. The highest BCUT2D eigenvalue weighted by Gasteiger charge is 2.24. The zero-order valence-corrected chi connectivity index (χ0v) is 13.0. The third-order valence-electron chi connectivity index (χ3n) is 3.28. The number of amides is 1. The molecule has 0 fully saturated rings. The van der Waals surface area contributed by atoms with Crippen LogP contribution in [0.4, 0.5) is 0 Å². The van der Waals surface area contributed by atoms with E-state index in [0.717, 1.165) is 5.75 Å². The minimum Gasteiger partial charge on any atom is -0.469 e. The lowest BCUT2D eigenvalue weighted by Gasteiger charge is -2.20. The second kappa shape index (κ2) is 6.30. The average molecular weight is 311 g/mol. The molecule has 0 radical (unpaired) electrons. The fourth-order valence-electron chi connectivity index (χ4n) is 2.14. The standard InChI is InChI=1S/C13H17N3O4S/c1-8(12(19)20-3)7-15(2)10(17)9-6-14-13-16(11(9)18)4-5-21-13/h6,8H,4-5,7H2,1-3H3. The summed E-state index contributed by atoms with van der Waals surface area (Å²) in [6.45, 7) is 2.41. The molecule has 7 nitrogen and oxygen atoms in total. The van der Waals surface area contributed by atoms with Crippen LogP contribution in [0.25, 0.3) is 0 Å². The van der Waals surface area contributed by atoms with Gasteiger partial charge in [-0.1, -0.05) is 18.7 Å². The summed E-state index contributed by atoms with van der Waals surface area (Å²) in [5, 5.41) is 0.641. The van der Waals surface area contributed by atoms with Crippen molar-refractivity contribution in [1.29, 1.82) is 0 Å². The van der Waals surface area contributed by atoms with E-state index in [9.17, 15) is 14.4 Å². The van der Waals surface area contributed by atoms with E-state index in [1.807, 2.05) is 0 Å². The maximum atomic E-state index is 12.3. The quantitative estimate of drug-likeness (QED) is 0.585. The van der Waals surface area contributed by atoms with Crippen LogP contribution in [0, 0.1) is 5.92 Å². The molecule has 2 heterocycles. The molecule has 8 heteroatoms. The molecule has 0 spiro atoms. The monoisotopic (exact) mass is 311 g/mol. The molecule has 114 valence electrons. The summed E-state index contributed by atoms with van der Waals surface area (Å²) in [5.74, 6) is -0.496. The second-order valence-electron chi connectivity index (χ2n) is 4.87. The Morgan fingerprint density at radius 3 is 2.95 bits per heavy atom. The molecule has 1 amide bonds.